The van der Waals surface area contributed by atoms with Crippen LogP contribution in [0.3, 0.4) is 0 Å². The molecule has 0 aliphatic rings. The van der Waals surface area contributed by atoms with Crippen LogP contribution in [-0.4, -0.2) is 24.5 Å². The number of hydrogen-bond donors (Lipinski definition) is 1. The van der Waals surface area contributed by atoms with Crippen molar-refractivity contribution in [3.8, 4) is 23.3 Å². The van der Waals surface area contributed by atoms with Crippen LogP contribution in [0.15, 0.2) is 72.3 Å². The minimum Gasteiger partial charge on any atom is -0.494 e. The van der Waals surface area contributed by atoms with Crippen molar-refractivity contribution < 1.29 is 23.9 Å². The molecule has 3 rings (SSSR count). The maximum atomic E-state index is 12.6. The maximum absolute atomic E-state index is 12.6. The Balaban J connectivity index is 1.72. The summed E-state index contributed by atoms with van der Waals surface area (Å²) in [6, 6.07) is 19.9. The van der Waals surface area contributed by atoms with Crippen LogP contribution >= 0.6 is 0 Å². The first-order chi connectivity index (χ1) is 16.9. The highest BCUT2D eigenvalue weighted by molar-refractivity contribution is 6.09. The lowest BCUT2D eigenvalue weighted by Crippen LogP contribution is -2.13. The molecule has 0 saturated carbocycles. The molecule has 3 aromatic carbocycles. The fourth-order valence-electron chi connectivity index (χ4n) is 3.11. The molecule has 3 aromatic rings. The van der Waals surface area contributed by atoms with E-state index in [4.69, 9.17) is 14.2 Å². The highest BCUT2D eigenvalue weighted by Gasteiger charge is 2.12. The number of nitrogens with zero attached hydrogens (tertiary/aromatic N) is 2. The van der Waals surface area contributed by atoms with Crippen LogP contribution in [0, 0.1) is 21.4 Å². The van der Waals surface area contributed by atoms with Crippen molar-refractivity contribution in [2.45, 2.75) is 13.5 Å². The number of methoxy groups -OCH3 is 1. The van der Waals surface area contributed by atoms with Gasteiger partial charge in [-0.3, -0.25) is 14.9 Å². The van der Waals surface area contributed by atoms with Crippen LogP contribution in [0.2, 0.25) is 0 Å². The number of amides is 1. The van der Waals surface area contributed by atoms with E-state index in [1.54, 1.807) is 54.6 Å². The minimum atomic E-state index is -0.557. The topological polar surface area (TPSA) is 124 Å². The quantitative estimate of drug-likeness (QED) is 0.187. The lowest BCUT2D eigenvalue weighted by atomic mass is 10.1. The molecule has 0 aliphatic heterocycles. The third-order valence-corrected chi connectivity index (χ3v) is 4.81. The molecule has 0 spiro atoms. The molecule has 35 heavy (non-hydrogen) atoms. The number of hydrogen-bond acceptors (Lipinski definition) is 7. The summed E-state index contributed by atoms with van der Waals surface area (Å²) in [6.45, 7) is 2.54. The number of carbonyl (C=O) groups excluding carboxylic acids is 1. The number of ether oxygens (including phenoxy) is 3. The summed E-state index contributed by atoms with van der Waals surface area (Å²) in [6.07, 6.45) is 1.45. The Kier molecular flexibility index (Phi) is 8.40. The number of anilines is 1. The van der Waals surface area contributed by atoms with Crippen LogP contribution in [0.5, 0.6) is 17.2 Å². The Hall–Kier alpha value is -4.84. The van der Waals surface area contributed by atoms with Crippen molar-refractivity contribution in [2.75, 3.05) is 19.0 Å². The average Bonchev–Trinajstić information content (AvgIpc) is 2.86. The maximum Gasteiger partial charge on any atom is 0.269 e. The van der Waals surface area contributed by atoms with Crippen LogP contribution in [0.4, 0.5) is 11.4 Å². The second-order valence-corrected chi connectivity index (χ2v) is 7.21. The summed E-state index contributed by atoms with van der Waals surface area (Å²) < 4.78 is 16.6. The summed E-state index contributed by atoms with van der Waals surface area (Å²) >= 11 is 0. The van der Waals surface area contributed by atoms with Crippen molar-refractivity contribution in [2.24, 2.45) is 0 Å². The average molecular weight is 473 g/mol. The zero-order chi connectivity index (χ0) is 25.2. The highest BCUT2D eigenvalue weighted by atomic mass is 16.6. The number of nitrogens with one attached hydrogen (secondary N) is 1. The predicted octanol–water partition coefficient (Wildman–Crippen LogP) is 5.13. The Morgan fingerprint density at radius 1 is 1.09 bits per heavy atom. The number of nitro benzene ring substituents is 1. The molecule has 0 unspecified atom stereocenters. The lowest BCUT2D eigenvalue weighted by molar-refractivity contribution is -0.384. The van der Waals surface area contributed by atoms with Gasteiger partial charge in [-0.1, -0.05) is 12.1 Å². The Labute approximate surface area is 202 Å². The van der Waals surface area contributed by atoms with Crippen LogP contribution in [-0.2, 0) is 11.4 Å². The Bertz CT molecular complexity index is 1280. The molecule has 0 saturated heterocycles. The van der Waals surface area contributed by atoms with E-state index in [-0.39, 0.29) is 17.9 Å². The van der Waals surface area contributed by atoms with E-state index in [1.165, 1.54) is 25.3 Å². The van der Waals surface area contributed by atoms with Gasteiger partial charge in [0.25, 0.3) is 11.6 Å². The second kappa shape index (κ2) is 11.9. The molecule has 0 radical (unpaired) electrons. The molecule has 0 atom stereocenters. The second-order valence-electron chi connectivity index (χ2n) is 7.21. The van der Waals surface area contributed by atoms with Gasteiger partial charge in [0.15, 0.2) is 11.5 Å². The third kappa shape index (κ3) is 6.82. The van der Waals surface area contributed by atoms with Gasteiger partial charge in [0.1, 0.15) is 24.0 Å². The molecular weight excluding hydrogens is 450 g/mol. The van der Waals surface area contributed by atoms with Crippen LogP contribution in [0.25, 0.3) is 6.08 Å². The summed E-state index contributed by atoms with van der Waals surface area (Å²) in [7, 11) is 1.48. The molecule has 9 nitrogen and oxygen atoms in total. The highest BCUT2D eigenvalue weighted by Crippen LogP contribution is 2.30. The summed E-state index contributed by atoms with van der Waals surface area (Å²) in [5.41, 5.74) is 1.74. The number of carbonyl (C=O) groups is 1. The molecule has 178 valence electrons. The zero-order valence-corrected chi connectivity index (χ0v) is 19.2. The molecule has 0 aliphatic carbocycles. The van der Waals surface area contributed by atoms with Gasteiger partial charge in [-0.25, -0.2) is 0 Å². The molecular formula is C26H23N3O6. The molecule has 0 bridgehead atoms. The summed E-state index contributed by atoms with van der Waals surface area (Å²) in [5.74, 6) is 0.905. The Morgan fingerprint density at radius 3 is 2.51 bits per heavy atom. The smallest absolute Gasteiger partial charge is 0.269 e. The standard InChI is InChI=1S/C26H23N3O6/c1-3-34-23-6-4-5-21(15-23)28-26(30)20(16-27)13-19-9-12-24(25(14-19)33-2)35-17-18-7-10-22(11-8-18)29(31)32/h4-15H,3,17H2,1-2H3,(H,28,30)/b20-13+. The van der Waals surface area contributed by atoms with E-state index in [0.717, 1.165) is 5.56 Å². The molecule has 0 heterocycles. The van der Waals surface area contributed by atoms with E-state index in [9.17, 15) is 20.2 Å². The normalized spacial score (nSPS) is 10.7. The van der Waals surface area contributed by atoms with Gasteiger partial charge >= 0.3 is 0 Å². The van der Waals surface area contributed by atoms with Crippen molar-refractivity contribution in [1.82, 2.24) is 0 Å². The van der Waals surface area contributed by atoms with Gasteiger partial charge in [-0.05, 0) is 60.5 Å². The molecule has 0 aromatic heterocycles. The van der Waals surface area contributed by atoms with Gasteiger partial charge in [0.05, 0.1) is 18.6 Å². The van der Waals surface area contributed by atoms with Gasteiger partial charge in [0, 0.05) is 23.9 Å². The van der Waals surface area contributed by atoms with Crippen molar-refractivity contribution >= 4 is 23.4 Å². The van der Waals surface area contributed by atoms with Gasteiger partial charge < -0.3 is 19.5 Å². The number of benzene rings is 3. The molecule has 1 N–H and O–H groups in total. The predicted molar refractivity (Wildman–Crippen MR) is 130 cm³/mol. The number of nitro groups is 1. The van der Waals surface area contributed by atoms with E-state index in [1.807, 2.05) is 13.0 Å². The number of nitriles is 1. The van der Waals surface area contributed by atoms with E-state index >= 15 is 0 Å². The zero-order valence-electron chi connectivity index (χ0n) is 19.2. The number of non-ortho nitro benzene ring substituents is 1. The van der Waals surface area contributed by atoms with Crippen molar-refractivity contribution in [3.63, 3.8) is 0 Å². The first kappa shape index (κ1) is 24.8. The van der Waals surface area contributed by atoms with E-state index in [2.05, 4.69) is 5.32 Å². The minimum absolute atomic E-state index is 0.00167. The number of rotatable bonds is 10. The van der Waals surface area contributed by atoms with E-state index < -0.39 is 10.8 Å². The first-order valence-electron chi connectivity index (χ1n) is 10.6. The van der Waals surface area contributed by atoms with Crippen molar-refractivity contribution in [3.05, 3.63) is 93.5 Å². The van der Waals surface area contributed by atoms with Crippen LogP contribution < -0.4 is 19.5 Å². The molecule has 9 heteroatoms. The van der Waals surface area contributed by atoms with E-state index in [0.29, 0.717) is 35.1 Å². The van der Waals surface area contributed by atoms with Crippen molar-refractivity contribution in [1.29, 1.82) is 5.26 Å². The van der Waals surface area contributed by atoms with Gasteiger partial charge in [0.2, 0.25) is 0 Å². The largest absolute Gasteiger partial charge is 0.494 e. The lowest BCUT2D eigenvalue weighted by Gasteiger charge is -2.12. The SMILES string of the molecule is CCOc1cccc(NC(=O)/C(C#N)=C/c2ccc(OCc3ccc([N+](=O)[O-])cc3)c(OC)c2)c1. The third-order valence-electron chi connectivity index (χ3n) is 4.81. The summed E-state index contributed by atoms with van der Waals surface area (Å²) in [4.78, 5) is 22.9. The Morgan fingerprint density at radius 2 is 1.86 bits per heavy atom. The molecule has 1 amide bonds. The van der Waals surface area contributed by atoms with Gasteiger partial charge in [-0.2, -0.15) is 5.26 Å². The fourth-order valence-corrected chi connectivity index (χ4v) is 3.11. The summed E-state index contributed by atoms with van der Waals surface area (Å²) in [5, 5.41) is 23.0. The molecule has 0 fully saturated rings. The fraction of sp³-hybridized carbons (Fsp3) is 0.154. The van der Waals surface area contributed by atoms with Gasteiger partial charge in [-0.15, -0.1) is 0 Å². The van der Waals surface area contributed by atoms with Crippen LogP contribution in [0.1, 0.15) is 18.1 Å². The first-order valence-corrected chi connectivity index (χ1v) is 10.6. The monoisotopic (exact) mass is 473 g/mol.